The first-order valence-electron chi connectivity index (χ1n) is 7.44. The fourth-order valence-corrected chi connectivity index (χ4v) is 2.66. The van der Waals surface area contributed by atoms with Crippen LogP contribution in [-0.2, 0) is 4.79 Å². The molecule has 1 rings (SSSR count). The summed E-state index contributed by atoms with van der Waals surface area (Å²) >= 11 is 0. The van der Waals surface area contributed by atoms with Gasteiger partial charge in [-0.05, 0) is 32.9 Å². The van der Waals surface area contributed by atoms with E-state index in [1.807, 2.05) is 6.92 Å². The maximum absolute atomic E-state index is 12.1. The zero-order valence-electron chi connectivity index (χ0n) is 12.2. The van der Waals surface area contributed by atoms with Gasteiger partial charge in [0.15, 0.2) is 0 Å². The molecule has 0 aromatic heterocycles. The smallest absolute Gasteiger partial charge is 0.237 e. The largest absolute Gasteiger partial charge is 0.355 e. The van der Waals surface area contributed by atoms with E-state index in [4.69, 9.17) is 0 Å². The molecule has 2 unspecified atom stereocenters. The molecular formula is C14H29N3O. The lowest BCUT2D eigenvalue weighted by molar-refractivity contribution is -0.126. The van der Waals surface area contributed by atoms with Crippen LogP contribution in [0.4, 0.5) is 0 Å². The molecule has 1 amide bonds. The molecule has 1 aliphatic rings. The Kier molecular flexibility index (Phi) is 7.28. The molecule has 0 aromatic carbocycles. The average Bonchev–Trinajstić information content (AvgIpc) is 2.89. The van der Waals surface area contributed by atoms with Crippen molar-refractivity contribution < 1.29 is 4.79 Å². The third kappa shape index (κ3) is 4.58. The van der Waals surface area contributed by atoms with Crippen molar-refractivity contribution in [3.05, 3.63) is 0 Å². The summed E-state index contributed by atoms with van der Waals surface area (Å²) in [5.74, 6) is 0.180. The van der Waals surface area contributed by atoms with Crippen LogP contribution in [0.25, 0.3) is 0 Å². The number of unbranched alkanes of at least 4 members (excludes halogenated alkanes) is 2. The molecule has 4 heteroatoms. The van der Waals surface area contributed by atoms with Gasteiger partial charge in [-0.15, -0.1) is 0 Å². The molecule has 0 aromatic rings. The Balaban J connectivity index is 2.34. The van der Waals surface area contributed by atoms with Crippen molar-refractivity contribution in [2.45, 2.75) is 58.5 Å². The number of amides is 1. The summed E-state index contributed by atoms with van der Waals surface area (Å²) in [4.78, 5) is 14.4. The average molecular weight is 255 g/mol. The summed E-state index contributed by atoms with van der Waals surface area (Å²) in [5, 5.41) is 6.42. The number of likely N-dealkylation sites (N-methyl/N-ethyl adjacent to an activating group) is 1. The van der Waals surface area contributed by atoms with Crippen LogP contribution in [0.15, 0.2) is 0 Å². The molecule has 1 heterocycles. The van der Waals surface area contributed by atoms with Gasteiger partial charge in [-0.25, -0.2) is 0 Å². The number of carbonyl (C=O) groups excluding carboxylic acids is 1. The van der Waals surface area contributed by atoms with Crippen LogP contribution in [-0.4, -0.2) is 49.1 Å². The molecule has 18 heavy (non-hydrogen) atoms. The van der Waals surface area contributed by atoms with Gasteiger partial charge >= 0.3 is 0 Å². The van der Waals surface area contributed by atoms with Crippen LogP contribution in [0.5, 0.6) is 0 Å². The fourth-order valence-electron chi connectivity index (χ4n) is 2.66. The Bertz CT molecular complexity index is 239. The molecular weight excluding hydrogens is 226 g/mol. The Morgan fingerprint density at radius 2 is 2.22 bits per heavy atom. The minimum Gasteiger partial charge on any atom is -0.355 e. The second kappa shape index (κ2) is 8.48. The van der Waals surface area contributed by atoms with Gasteiger partial charge in [-0.3, -0.25) is 9.69 Å². The third-order valence-electron chi connectivity index (χ3n) is 3.82. The minimum atomic E-state index is -0.0125. The maximum atomic E-state index is 12.1. The first-order chi connectivity index (χ1) is 8.70. The van der Waals surface area contributed by atoms with Gasteiger partial charge in [-0.1, -0.05) is 26.7 Å². The van der Waals surface area contributed by atoms with Crippen molar-refractivity contribution in [3.63, 3.8) is 0 Å². The highest BCUT2D eigenvalue weighted by Gasteiger charge is 2.28. The molecule has 0 radical (unpaired) electrons. The first kappa shape index (κ1) is 15.4. The van der Waals surface area contributed by atoms with E-state index >= 15 is 0 Å². The monoisotopic (exact) mass is 255 g/mol. The SMILES string of the molecule is CCCCCNC(=O)C(C)N(CC)C1CCNC1. The topological polar surface area (TPSA) is 44.4 Å². The third-order valence-corrected chi connectivity index (χ3v) is 3.82. The lowest BCUT2D eigenvalue weighted by atomic mass is 10.1. The van der Waals surface area contributed by atoms with Gasteiger partial charge in [-0.2, -0.15) is 0 Å². The zero-order valence-corrected chi connectivity index (χ0v) is 12.2. The summed E-state index contributed by atoms with van der Waals surface area (Å²) in [5.41, 5.74) is 0. The lowest BCUT2D eigenvalue weighted by Gasteiger charge is -2.32. The number of rotatable bonds is 8. The van der Waals surface area contributed by atoms with E-state index < -0.39 is 0 Å². The van der Waals surface area contributed by atoms with E-state index in [-0.39, 0.29) is 11.9 Å². The standard InChI is InChI=1S/C14H29N3O/c1-4-6-7-9-16-14(18)12(3)17(5-2)13-8-10-15-11-13/h12-13,15H,4-11H2,1-3H3,(H,16,18). The van der Waals surface area contributed by atoms with Crippen LogP contribution in [0, 0.1) is 0 Å². The molecule has 106 valence electrons. The Morgan fingerprint density at radius 1 is 1.44 bits per heavy atom. The molecule has 4 nitrogen and oxygen atoms in total. The van der Waals surface area contributed by atoms with E-state index in [1.54, 1.807) is 0 Å². The van der Waals surface area contributed by atoms with Crippen molar-refractivity contribution in [1.82, 2.24) is 15.5 Å². The summed E-state index contributed by atoms with van der Waals surface area (Å²) in [6.45, 7) is 10.2. The summed E-state index contributed by atoms with van der Waals surface area (Å²) in [7, 11) is 0. The molecule has 2 N–H and O–H groups in total. The van der Waals surface area contributed by atoms with Crippen LogP contribution in [0.3, 0.4) is 0 Å². The predicted molar refractivity (Wildman–Crippen MR) is 75.7 cm³/mol. The highest BCUT2D eigenvalue weighted by Crippen LogP contribution is 2.12. The summed E-state index contributed by atoms with van der Waals surface area (Å²) in [6.07, 6.45) is 4.63. The van der Waals surface area contributed by atoms with E-state index in [9.17, 15) is 4.79 Å². The van der Waals surface area contributed by atoms with Crippen molar-refractivity contribution in [2.24, 2.45) is 0 Å². The van der Waals surface area contributed by atoms with Crippen LogP contribution in [0.2, 0.25) is 0 Å². The van der Waals surface area contributed by atoms with Crippen molar-refractivity contribution in [2.75, 3.05) is 26.2 Å². The number of carbonyl (C=O) groups is 1. The Labute approximate surface area is 111 Å². The number of hydrogen-bond acceptors (Lipinski definition) is 3. The number of nitrogens with one attached hydrogen (secondary N) is 2. The van der Waals surface area contributed by atoms with Gasteiger partial charge in [0.25, 0.3) is 0 Å². The van der Waals surface area contributed by atoms with Crippen molar-refractivity contribution >= 4 is 5.91 Å². The minimum absolute atomic E-state index is 0.0125. The maximum Gasteiger partial charge on any atom is 0.237 e. The van der Waals surface area contributed by atoms with E-state index in [0.717, 1.165) is 39.0 Å². The Morgan fingerprint density at radius 3 is 2.78 bits per heavy atom. The van der Waals surface area contributed by atoms with E-state index in [0.29, 0.717) is 6.04 Å². The molecule has 0 saturated carbocycles. The van der Waals surface area contributed by atoms with Gasteiger partial charge < -0.3 is 10.6 Å². The zero-order chi connectivity index (χ0) is 13.4. The molecule has 1 fully saturated rings. The molecule has 1 saturated heterocycles. The molecule has 0 spiro atoms. The van der Waals surface area contributed by atoms with Gasteiger partial charge in [0.1, 0.15) is 0 Å². The second-order valence-corrected chi connectivity index (χ2v) is 5.15. The number of nitrogens with zero attached hydrogens (tertiary/aromatic N) is 1. The Hall–Kier alpha value is -0.610. The van der Waals surface area contributed by atoms with Gasteiger partial charge in [0.05, 0.1) is 6.04 Å². The second-order valence-electron chi connectivity index (χ2n) is 5.15. The van der Waals surface area contributed by atoms with Gasteiger partial charge in [0, 0.05) is 19.1 Å². The fraction of sp³-hybridized carbons (Fsp3) is 0.929. The van der Waals surface area contributed by atoms with E-state index in [2.05, 4.69) is 29.4 Å². The van der Waals surface area contributed by atoms with Crippen molar-refractivity contribution in [3.8, 4) is 0 Å². The summed E-state index contributed by atoms with van der Waals surface area (Å²) in [6, 6.07) is 0.507. The van der Waals surface area contributed by atoms with Crippen LogP contribution < -0.4 is 10.6 Å². The van der Waals surface area contributed by atoms with Crippen LogP contribution >= 0.6 is 0 Å². The number of hydrogen-bond donors (Lipinski definition) is 2. The molecule has 1 aliphatic heterocycles. The normalized spacial score (nSPS) is 21.2. The lowest BCUT2D eigenvalue weighted by Crippen LogP contribution is -2.50. The van der Waals surface area contributed by atoms with Gasteiger partial charge in [0.2, 0.25) is 5.91 Å². The van der Waals surface area contributed by atoms with Crippen molar-refractivity contribution in [1.29, 1.82) is 0 Å². The molecule has 0 aliphatic carbocycles. The van der Waals surface area contributed by atoms with Crippen LogP contribution in [0.1, 0.15) is 46.5 Å². The quantitative estimate of drug-likeness (QED) is 0.644. The molecule has 2 atom stereocenters. The van der Waals surface area contributed by atoms with E-state index in [1.165, 1.54) is 12.8 Å². The predicted octanol–water partition coefficient (Wildman–Crippen LogP) is 1.37. The highest BCUT2D eigenvalue weighted by molar-refractivity contribution is 5.81. The highest BCUT2D eigenvalue weighted by atomic mass is 16.2. The summed E-state index contributed by atoms with van der Waals surface area (Å²) < 4.78 is 0. The first-order valence-corrected chi connectivity index (χ1v) is 7.44. The molecule has 0 bridgehead atoms.